The van der Waals surface area contributed by atoms with Gasteiger partial charge in [0.2, 0.25) is 0 Å². The molecule has 6 heteroatoms. The van der Waals surface area contributed by atoms with Crippen molar-refractivity contribution < 1.29 is 8.42 Å². The van der Waals surface area contributed by atoms with Crippen LogP contribution in [-0.2, 0) is 9.84 Å². The third-order valence-electron chi connectivity index (χ3n) is 2.40. The van der Waals surface area contributed by atoms with E-state index in [4.69, 9.17) is 0 Å². The lowest BCUT2D eigenvalue weighted by Crippen LogP contribution is -2.26. The zero-order chi connectivity index (χ0) is 13.1. The van der Waals surface area contributed by atoms with E-state index in [9.17, 15) is 8.42 Å². The third-order valence-corrected chi connectivity index (χ3v) is 4.78. The molecule has 1 aromatic rings. The molecule has 0 amide bonds. The average molecular weight is 274 g/mol. The number of hydrogen-bond donors (Lipinski definition) is 1. The Morgan fingerprint density at radius 2 is 2.12 bits per heavy atom. The molecule has 0 radical (unpaired) electrons. The Labute approximate surface area is 107 Å². The molecule has 0 spiro atoms. The number of nitrogens with one attached hydrogen (secondary N) is 1. The van der Waals surface area contributed by atoms with Crippen LogP contribution in [-0.4, -0.2) is 37.2 Å². The number of pyridine rings is 1. The zero-order valence-electron chi connectivity index (χ0n) is 10.5. The van der Waals surface area contributed by atoms with Crippen molar-refractivity contribution in [2.24, 2.45) is 0 Å². The summed E-state index contributed by atoms with van der Waals surface area (Å²) in [5, 5.41) is 3.10. The number of rotatable bonds is 5. The molecule has 0 aliphatic carbocycles. The smallest absolute Gasteiger partial charge is 0.179 e. The highest BCUT2D eigenvalue weighted by Gasteiger charge is 2.19. The van der Waals surface area contributed by atoms with Crippen molar-refractivity contribution in [3.8, 4) is 0 Å². The molecule has 1 rings (SSSR count). The second-order valence-electron chi connectivity index (χ2n) is 4.44. The summed E-state index contributed by atoms with van der Waals surface area (Å²) in [5.74, 6) is 0.428. The molecule has 0 aromatic carbocycles. The van der Waals surface area contributed by atoms with Crippen molar-refractivity contribution in [1.29, 1.82) is 0 Å². The van der Waals surface area contributed by atoms with Crippen LogP contribution in [0.5, 0.6) is 0 Å². The minimum Gasteiger partial charge on any atom is -0.368 e. The van der Waals surface area contributed by atoms with Gasteiger partial charge in [0.15, 0.2) is 9.84 Å². The lowest BCUT2D eigenvalue weighted by molar-refractivity contribution is 0.601. The van der Waals surface area contributed by atoms with E-state index >= 15 is 0 Å². The first-order chi connectivity index (χ1) is 7.76. The maximum Gasteiger partial charge on any atom is 0.179 e. The highest BCUT2D eigenvalue weighted by Crippen LogP contribution is 2.23. The topological polar surface area (TPSA) is 59.1 Å². The van der Waals surface area contributed by atoms with Gasteiger partial charge in [-0.25, -0.2) is 13.4 Å². The SMILES string of the molecule is CSC(C)(C)CNc1ncccc1S(C)(=O)=O. The monoisotopic (exact) mass is 274 g/mol. The van der Waals surface area contributed by atoms with Crippen molar-refractivity contribution in [3.63, 3.8) is 0 Å². The first-order valence-electron chi connectivity index (χ1n) is 5.20. The second kappa shape index (κ2) is 5.27. The van der Waals surface area contributed by atoms with Gasteiger partial charge in [0.05, 0.1) is 0 Å². The van der Waals surface area contributed by atoms with E-state index in [1.807, 2.05) is 6.26 Å². The van der Waals surface area contributed by atoms with Gasteiger partial charge in [-0.1, -0.05) is 0 Å². The minimum atomic E-state index is -3.24. The first kappa shape index (κ1) is 14.3. The zero-order valence-corrected chi connectivity index (χ0v) is 12.2. The summed E-state index contributed by atoms with van der Waals surface area (Å²) in [6.45, 7) is 4.84. The van der Waals surface area contributed by atoms with E-state index in [1.54, 1.807) is 30.1 Å². The van der Waals surface area contributed by atoms with Crippen molar-refractivity contribution in [2.75, 3.05) is 24.4 Å². The molecule has 0 aliphatic rings. The number of sulfone groups is 1. The molecule has 0 fully saturated rings. The van der Waals surface area contributed by atoms with Gasteiger partial charge < -0.3 is 5.32 Å². The number of hydrogen-bond acceptors (Lipinski definition) is 5. The van der Waals surface area contributed by atoms with Gasteiger partial charge in [-0.2, -0.15) is 11.8 Å². The van der Waals surface area contributed by atoms with Crippen LogP contribution in [0.4, 0.5) is 5.82 Å². The van der Waals surface area contributed by atoms with Crippen LogP contribution in [0.2, 0.25) is 0 Å². The molecule has 17 heavy (non-hydrogen) atoms. The summed E-state index contributed by atoms with van der Waals surface area (Å²) in [7, 11) is -3.24. The number of nitrogens with zero attached hydrogens (tertiary/aromatic N) is 1. The summed E-state index contributed by atoms with van der Waals surface area (Å²) in [5.41, 5.74) is 0. The quantitative estimate of drug-likeness (QED) is 0.890. The maximum absolute atomic E-state index is 11.6. The molecule has 0 aliphatic heterocycles. The molecule has 96 valence electrons. The molecule has 0 atom stereocenters. The summed E-state index contributed by atoms with van der Waals surface area (Å²) in [4.78, 5) is 4.33. The Kier molecular flexibility index (Phi) is 4.43. The molecule has 0 unspecified atom stereocenters. The van der Waals surface area contributed by atoms with E-state index in [-0.39, 0.29) is 9.64 Å². The van der Waals surface area contributed by atoms with Crippen molar-refractivity contribution in [1.82, 2.24) is 4.98 Å². The summed E-state index contributed by atoms with van der Waals surface area (Å²) in [6, 6.07) is 3.19. The molecule has 0 saturated heterocycles. The lowest BCUT2D eigenvalue weighted by Gasteiger charge is -2.23. The van der Waals surface area contributed by atoms with Crippen LogP contribution in [0.15, 0.2) is 23.2 Å². The van der Waals surface area contributed by atoms with Gasteiger partial charge in [-0.05, 0) is 32.2 Å². The van der Waals surface area contributed by atoms with Crippen molar-refractivity contribution >= 4 is 27.4 Å². The van der Waals surface area contributed by atoms with Crippen LogP contribution in [0.3, 0.4) is 0 Å². The summed E-state index contributed by atoms with van der Waals surface area (Å²) in [6.07, 6.45) is 4.80. The average Bonchev–Trinajstić information content (AvgIpc) is 2.26. The minimum absolute atomic E-state index is 0.0340. The molecular formula is C11H18N2O2S2. The van der Waals surface area contributed by atoms with Gasteiger partial charge in [0.25, 0.3) is 0 Å². The van der Waals surface area contributed by atoms with Crippen molar-refractivity contribution in [3.05, 3.63) is 18.3 Å². The fraction of sp³-hybridized carbons (Fsp3) is 0.545. The fourth-order valence-electron chi connectivity index (χ4n) is 1.19. The van der Waals surface area contributed by atoms with Gasteiger partial charge in [-0.15, -0.1) is 0 Å². The molecule has 1 aromatic heterocycles. The van der Waals surface area contributed by atoms with Crippen LogP contribution >= 0.6 is 11.8 Å². The standard InChI is InChI=1S/C11H18N2O2S2/c1-11(2,16-3)8-13-10-9(17(4,14)15)6-5-7-12-10/h5-7H,8H2,1-4H3,(H,12,13). The van der Waals surface area contributed by atoms with Crippen LogP contribution < -0.4 is 5.32 Å². The maximum atomic E-state index is 11.6. The van der Waals surface area contributed by atoms with E-state index < -0.39 is 9.84 Å². The van der Waals surface area contributed by atoms with E-state index in [0.29, 0.717) is 12.4 Å². The summed E-state index contributed by atoms with van der Waals surface area (Å²) >= 11 is 1.72. The Morgan fingerprint density at radius 1 is 1.47 bits per heavy atom. The largest absolute Gasteiger partial charge is 0.368 e. The number of thioether (sulfide) groups is 1. The molecule has 4 nitrogen and oxygen atoms in total. The van der Waals surface area contributed by atoms with Crippen LogP contribution in [0.25, 0.3) is 0 Å². The van der Waals surface area contributed by atoms with Crippen molar-refractivity contribution in [2.45, 2.75) is 23.5 Å². The summed E-state index contributed by atoms with van der Waals surface area (Å²) < 4.78 is 23.2. The third kappa shape index (κ3) is 4.20. The molecular weight excluding hydrogens is 256 g/mol. The molecule has 1 N–H and O–H groups in total. The first-order valence-corrected chi connectivity index (χ1v) is 8.32. The van der Waals surface area contributed by atoms with Crippen LogP contribution in [0, 0.1) is 0 Å². The predicted octanol–water partition coefficient (Wildman–Crippen LogP) is 2.04. The van der Waals surface area contributed by atoms with Gasteiger partial charge >= 0.3 is 0 Å². The Hall–Kier alpha value is -0.750. The molecule has 0 bridgehead atoms. The van der Waals surface area contributed by atoms with E-state index in [2.05, 4.69) is 24.1 Å². The predicted molar refractivity (Wildman–Crippen MR) is 73.4 cm³/mol. The van der Waals surface area contributed by atoms with Gasteiger partial charge in [-0.3, -0.25) is 0 Å². The highest BCUT2D eigenvalue weighted by molar-refractivity contribution is 7.99. The lowest BCUT2D eigenvalue weighted by atomic mass is 10.2. The highest BCUT2D eigenvalue weighted by atomic mass is 32.2. The Balaban J connectivity index is 2.93. The number of aromatic nitrogens is 1. The Morgan fingerprint density at radius 3 is 2.65 bits per heavy atom. The van der Waals surface area contributed by atoms with Gasteiger partial charge in [0, 0.05) is 23.7 Å². The Bertz CT molecular complexity index is 484. The van der Waals surface area contributed by atoms with Crippen LogP contribution in [0.1, 0.15) is 13.8 Å². The van der Waals surface area contributed by atoms with E-state index in [0.717, 1.165) is 0 Å². The van der Waals surface area contributed by atoms with Gasteiger partial charge in [0.1, 0.15) is 10.7 Å². The molecule has 0 saturated carbocycles. The fourth-order valence-corrected chi connectivity index (χ4v) is 2.21. The van der Waals surface area contributed by atoms with E-state index in [1.165, 1.54) is 6.26 Å². The normalized spacial score (nSPS) is 12.5. The second-order valence-corrected chi connectivity index (χ2v) is 7.94. The number of anilines is 1. The molecule has 1 heterocycles.